The Morgan fingerprint density at radius 2 is 1.78 bits per heavy atom. The molecule has 1 aromatic rings. The monoisotopic (exact) mass is 267 g/mol. The largest absolute Gasteiger partial charge is 0.240 e. The molecule has 0 heterocycles. The fourth-order valence-corrected chi connectivity index (χ4v) is 3.61. The van der Waals surface area contributed by atoms with Crippen molar-refractivity contribution in [3.8, 4) is 0 Å². The van der Waals surface area contributed by atoms with Gasteiger partial charge in [-0.2, -0.15) is 0 Å². The quantitative estimate of drug-likeness (QED) is 0.911. The smallest absolute Gasteiger partial charge is 0.208 e. The number of nitrogens with one attached hydrogen (secondary N) is 1. The minimum absolute atomic E-state index is 0.0525. The van der Waals surface area contributed by atoms with Crippen molar-refractivity contribution in [3.63, 3.8) is 0 Å². The lowest BCUT2D eigenvalue weighted by molar-refractivity contribution is 0.476. The van der Waals surface area contributed by atoms with Gasteiger partial charge in [0.05, 0.1) is 4.90 Å². The van der Waals surface area contributed by atoms with Crippen LogP contribution in [-0.2, 0) is 22.9 Å². The molecule has 0 amide bonds. The molecule has 0 aliphatic heterocycles. The van der Waals surface area contributed by atoms with E-state index >= 15 is 0 Å². The molecule has 2 rings (SSSR count). The van der Waals surface area contributed by atoms with Crippen molar-refractivity contribution in [2.75, 3.05) is 0 Å². The van der Waals surface area contributed by atoms with Gasteiger partial charge in [0.2, 0.25) is 10.0 Å². The number of sulfonamides is 1. The normalized spacial score (nSPS) is 16.9. The third kappa shape index (κ3) is 2.75. The summed E-state index contributed by atoms with van der Waals surface area (Å²) >= 11 is 0. The summed E-state index contributed by atoms with van der Waals surface area (Å²) in [6.07, 6.45) is 3.21. The molecular weight excluding hydrogens is 246 g/mol. The lowest BCUT2D eigenvalue weighted by Crippen LogP contribution is -2.36. The third-order valence-electron chi connectivity index (χ3n) is 3.72. The molecule has 4 heteroatoms. The number of benzene rings is 1. The number of rotatable bonds is 4. The van der Waals surface area contributed by atoms with E-state index in [0.29, 0.717) is 4.90 Å². The van der Waals surface area contributed by atoms with Gasteiger partial charge in [-0.1, -0.05) is 19.9 Å². The molecule has 0 saturated carbocycles. The summed E-state index contributed by atoms with van der Waals surface area (Å²) in [5.74, 6) is 0.286. The van der Waals surface area contributed by atoms with Gasteiger partial charge >= 0.3 is 0 Å². The van der Waals surface area contributed by atoms with Crippen LogP contribution in [0.2, 0.25) is 0 Å². The van der Waals surface area contributed by atoms with Gasteiger partial charge < -0.3 is 0 Å². The molecular formula is C14H21NO2S. The van der Waals surface area contributed by atoms with Crippen LogP contribution >= 0.6 is 0 Å². The van der Waals surface area contributed by atoms with Crippen LogP contribution in [0.15, 0.2) is 23.1 Å². The number of fused-ring (bicyclic) bond motifs is 1. The van der Waals surface area contributed by atoms with Crippen molar-refractivity contribution in [3.05, 3.63) is 29.3 Å². The summed E-state index contributed by atoms with van der Waals surface area (Å²) in [6.45, 7) is 5.92. The van der Waals surface area contributed by atoms with Crippen LogP contribution in [0.4, 0.5) is 0 Å². The van der Waals surface area contributed by atoms with Crippen molar-refractivity contribution in [1.29, 1.82) is 0 Å². The second-order valence-electron chi connectivity index (χ2n) is 5.44. The van der Waals surface area contributed by atoms with Crippen molar-refractivity contribution < 1.29 is 8.42 Å². The molecule has 0 fully saturated rings. The fourth-order valence-electron chi connectivity index (χ4n) is 2.16. The van der Waals surface area contributed by atoms with Crippen LogP contribution in [0.25, 0.3) is 0 Å². The van der Waals surface area contributed by atoms with Crippen molar-refractivity contribution in [2.45, 2.75) is 51.0 Å². The zero-order valence-electron chi connectivity index (χ0n) is 11.2. The highest BCUT2D eigenvalue weighted by Crippen LogP contribution is 2.24. The average Bonchev–Trinajstić information content (AvgIpc) is 2.74. The molecule has 1 aliphatic carbocycles. The number of hydrogen-bond acceptors (Lipinski definition) is 2. The highest BCUT2D eigenvalue weighted by molar-refractivity contribution is 7.89. The summed E-state index contributed by atoms with van der Waals surface area (Å²) in [6, 6.07) is 5.46. The van der Waals surface area contributed by atoms with Gasteiger partial charge in [-0.15, -0.1) is 0 Å². The molecule has 0 bridgehead atoms. The van der Waals surface area contributed by atoms with E-state index in [0.717, 1.165) is 19.3 Å². The zero-order chi connectivity index (χ0) is 13.3. The summed E-state index contributed by atoms with van der Waals surface area (Å²) in [7, 11) is -3.38. The summed E-state index contributed by atoms with van der Waals surface area (Å²) in [5, 5.41) is 0. The molecule has 3 nitrogen and oxygen atoms in total. The zero-order valence-corrected chi connectivity index (χ0v) is 12.0. The first-order chi connectivity index (χ1) is 8.40. The molecule has 0 saturated heterocycles. The molecule has 18 heavy (non-hydrogen) atoms. The Balaban J connectivity index is 2.25. The van der Waals surface area contributed by atoms with E-state index in [2.05, 4.69) is 4.72 Å². The number of aryl methyl sites for hydroxylation is 2. The van der Waals surface area contributed by atoms with Gasteiger partial charge in [0.15, 0.2) is 0 Å². The van der Waals surface area contributed by atoms with E-state index in [1.54, 1.807) is 6.07 Å². The Morgan fingerprint density at radius 1 is 1.11 bits per heavy atom. The molecule has 1 aromatic carbocycles. The van der Waals surface area contributed by atoms with Crippen molar-refractivity contribution in [2.24, 2.45) is 5.92 Å². The van der Waals surface area contributed by atoms with Gasteiger partial charge in [-0.3, -0.25) is 0 Å². The topological polar surface area (TPSA) is 46.2 Å². The molecule has 0 unspecified atom stereocenters. The molecule has 1 N–H and O–H groups in total. The van der Waals surface area contributed by atoms with Crippen LogP contribution in [0.1, 0.15) is 38.3 Å². The predicted octanol–water partition coefficient (Wildman–Crippen LogP) is 2.50. The minimum atomic E-state index is -3.38. The number of hydrogen-bond donors (Lipinski definition) is 1. The van der Waals surface area contributed by atoms with Crippen molar-refractivity contribution >= 4 is 10.0 Å². The van der Waals surface area contributed by atoms with E-state index in [-0.39, 0.29) is 12.0 Å². The SMILES string of the molecule is CC(C)[C@@H](C)NS(=O)(=O)c1ccc2c(c1)CCC2. The summed E-state index contributed by atoms with van der Waals surface area (Å²) < 4.78 is 27.2. The predicted molar refractivity (Wildman–Crippen MR) is 73.1 cm³/mol. The molecule has 1 atom stereocenters. The minimum Gasteiger partial charge on any atom is -0.208 e. The fraction of sp³-hybridized carbons (Fsp3) is 0.571. The first-order valence-corrected chi connectivity index (χ1v) is 8.02. The molecule has 100 valence electrons. The summed E-state index contributed by atoms with van der Waals surface area (Å²) in [5.41, 5.74) is 2.49. The molecule has 1 aliphatic rings. The maximum Gasteiger partial charge on any atom is 0.240 e. The van der Waals surface area contributed by atoms with Crippen LogP contribution in [0.3, 0.4) is 0 Å². The lowest BCUT2D eigenvalue weighted by Gasteiger charge is -2.17. The van der Waals surface area contributed by atoms with E-state index in [1.165, 1.54) is 11.1 Å². The van der Waals surface area contributed by atoms with E-state index in [9.17, 15) is 8.42 Å². The van der Waals surface area contributed by atoms with Gasteiger partial charge in [-0.05, 0) is 55.4 Å². The highest BCUT2D eigenvalue weighted by atomic mass is 32.2. The van der Waals surface area contributed by atoms with E-state index in [4.69, 9.17) is 0 Å². The second-order valence-corrected chi connectivity index (χ2v) is 7.15. The first-order valence-electron chi connectivity index (χ1n) is 6.54. The molecule has 0 aromatic heterocycles. The maximum atomic E-state index is 12.2. The molecule has 0 spiro atoms. The van der Waals surface area contributed by atoms with Crippen LogP contribution in [0, 0.1) is 5.92 Å². The van der Waals surface area contributed by atoms with E-state index in [1.807, 2.05) is 32.9 Å². The van der Waals surface area contributed by atoms with Crippen molar-refractivity contribution in [1.82, 2.24) is 4.72 Å². The second kappa shape index (κ2) is 5.02. The van der Waals surface area contributed by atoms with Crippen LogP contribution in [0.5, 0.6) is 0 Å². The lowest BCUT2D eigenvalue weighted by atomic mass is 10.1. The van der Waals surface area contributed by atoms with Gasteiger partial charge in [0.1, 0.15) is 0 Å². The van der Waals surface area contributed by atoms with Gasteiger partial charge in [-0.25, -0.2) is 13.1 Å². The van der Waals surface area contributed by atoms with Crippen LogP contribution in [-0.4, -0.2) is 14.5 Å². The Hall–Kier alpha value is -0.870. The average molecular weight is 267 g/mol. The Bertz CT molecular complexity index is 535. The maximum absolute atomic E-state index is 12.2. The first kappa shape index (κ1) is 13.6. The third-order valence-corrected chi connectivity index (χ3v) is 5.28. The highest BCUT2D eigenvalue weighted by Gasteiger charge is 2.21. The van der Waals surface area contributed by atoms with Crippen LogP contribution < -0.4 is 4.72 Å². The molecule has 0 radical (unpaired) electrons. The standard InChI is InChI=1S/C14H21NO2S/c1-10(2)11(3)15-18(16,17)14-8-7-12-5-4-6-13(12)9-14/h7-11,15H,4-6H2,1-3H3/t11-/m1/s1. The Labute approximate surface area is 110 Å². The van der Waals surface area contributed by atoms with Gasteiger partial charge in [0, 0.05) is 6.04 Å². The van der Waals surface area contributed by atoms with E-state index < -0.39 is 10.0 Å². The Kier molecular flexibility index (Phi) is 3.78. The van der Waals surface area contributed by atoms with Gasteiger partial charge in [0.25, 0.3) is 0 Å². The summed E-state index contributed by atoms with van der Waals surface area (Å²) in [4.78, 5) is 0.399. The Morgan fingerprint density at radius 3 is 2.44 bits per heavy atom.